The average Bonchev–Trinajstić information content (AvgIpc) is 3.10. The van der Waals surface area contributed by atoms with Gasteiger partial charge in [0.15, 0.2) is 0 Å². The van der Waals surface area contributed by atoms with E-state index in [0.717, 1.165) is 37.7 Å². The Morgan fingerprint density at radius 2 is 1.96 bits per heavy atom. The minimum absolute atomic E-state index is 0.00716. The number of nitrogens with zero attached hydrogens (tertiary/aromatic N) is 1. The molecule has 5 nitrogen and oxygen atoms in total. The normalized spacial score (nSPS) is 23.6. The Balaban J connectivity index is 1.59. The molecule has 0 spiro atoms. The number of likely N-dealkylation sites (tertiary alicyclic amines) is 1. The largest absolute Gasteiger partial charge is 0.343 e. The van der Waals surface area contributed by atoms with Crippen molar-refractivity contribution in [3.05, 3.63) is 35.4 Å². The van der Waals surface area contributed by atoms with Crippen molar-refractivity contribution < 1.29 is 14.4 Å². The van der Waals surface area contributed by atoms with E-state index in [1.165, 1.54) is 0 Å². The highest BCUT2D eigenvalue weighted by Gasteiger charge is 2.38. The fourth-order valence-corrected chi connectivity index (χ4v) is 4.12. The summed E-state index contributed by atoms with van der Waals surface area (Å²) in [6.45, 7) is 2.56. The highest BCUT2D eigenvalue weighted by molar-refractivity contribution is 5.97. The summed E-state index contributed by atoms with van der Waals surface area (Å²) in [5.41, 5.74) is 1.48. The summed E-state index contributed by atoms with van der Waals surface area (Å²) in [4.78, 5) is 39.0. The molecule has 1 heterocycles. The molecule has 1 aliphatic carbocycles. The van der Waals surface area contributed by atoms with E-state index in [9.17, 15) is 14.4 Å². The number of hydrogen-bond donors (Lipinski definition) is 1. The minimum atomic E-state index is -0.226. The van der Waals surface area contributed by atoms with Crippen LogP contribution in [0, 0.1) is 12.8 Å². The van der Waals surface area contributed by atoms with Crippen LogP contribution in [0.3, 0.4) is 0 Å². The Bertz CT molecular complexity index is 671. The van der Waals surface area contributed by atoms with Gasteiger partial charge in [-0.3, -0.25) is 14.4 Å². The van der Waals surface area contributed by atoms with E-state index >= 15 is 0 Å². The van der Waals surface area contributed by atoms with Crippen LogP contribution in [-0.4, -0.2) is 41.6 Å². The summed E-state index contributed by atoms with van der Waals surface area (Å²) in [6.07, 6.45) is 5.41. The number of nitrogens with one attached hydrogen (secondary N) is 1. The van der Waals surface area contributed by atoms with Crippen LogP contribution in [0.2, 0.25) is 0 Å². The molecule has 25 heavy (non-hydrogen) atoms. The van der Waals surface area contributed by atoms with Gasteiger partial charge in [-0.1, -0.05) is 24.6 Å². The molecule has 1 aromatic rings. The van der Waals surface area contributed by atoms with Gasteiger partial charge in [-0.15, -0.1) is 0 Å². The lowest BCUT2D eigenvalue weighted by Crippen LogP contribution is -2.47. The third-order valence-corrected chi connectivity index (χ3v) is 5.48. The molecule has 1 aromatic carbocycles. The first-order chi connectivity index (χ1) is 12.1. The molecule has 2 amide bonds. The number of carbonyl (C=O) groups is 3. The van der Waals surface area contributed by atoms with Crippen LogP contribution >= 0.6 is 0 Å². The second-order valence-electron chi connectivity index (χ2n) is 7.11. The number of aryl methyl sites for hydroxylation is 1. The predicted molar refractivity (Wildman–Crippen MR) is 95.2 cm³/mol. The maximum atomic E-state index is 12.6. The number of Topliss-reactive ketones (excluding diaryl/α,β-unsaturated/α-hetero) is 1. The van der Waals surface area contributed by atoms with Crippen LogP contribution in [0.15, 0.2) is 24.3 Å². The van der Waals surface area contributed by atoms with E-state index < -0.39 is 0 Å². The Hall–Kier alpha value is -2.17. The SMILES string of the molecule is Cc1ccccc1C(=O)NCC(=O)N1CCC[C@@H]1[C@H]1CCCCC1=O. The zero-order valence-electron chi connectivity index (χ0n) is 14.8. The summed E-state index contributed by atoms with van der Waals surface area (Å²) < 4.78 is 0. The molecule has 1 saturated heterocycles. The average molecular weight is 342 g/mol. The molecule has 1 aliphatic heterocycles. The minimum Gasteiger partial charge on any atom is -0.343 e. The summed E-state index contributed by atoms with van der Waals surface area (Å²) in [6, 6.07) is 7.36. The van der Waals surface area contributed by atoms with Crippen LogP contribution in [-0.2, 0) is 9.59 Å². The van der Waals surface area contributed by atoms with E-state index in [1.54, 1.807) is 6.07 Å². The van der Waals surface area contributed by atoms with Crippen LogP contribution in [0.4, 0.5) is 0 Å². The predicted octanol–water partition coefficient (Wildman–Crippen LogP) is 2.48. The van der Waals surface area contributed by atoms with Crippen molar-refractivity contribution >= 4 is 17.6 Å². The first-order valence-electron chi connectivity index (χ1n) is 9.24. The molecule has 0 radical (unpaired) electrons. The van der Waals surface area contributed by atoms with E-state index in [-0.39, 0.29) is 30.3 Å². The number of rotatable bonds is 4. The maximum Gasteiger partial charge on any atom is 0.251 e. The number of amides is 2. The molecular weight excluding hydrogens is 316 g/mol. The molecule has 0 unspecified atom stereocenters. The van der Waals surface area contributed by atoms with Crippen molar-refractivity contribution in [3.63, 3.8) is 0 Å². The van der Waals surface area contributed by atoms with Gasteiger partial charge in [-0.25, -0.2) is 0 Å². The molecule has 1 saturated carbocycles. The van der Waals surface area contributed by atoms with Gasteiger partial charge < -0.3 is 10.2 Å². The quantitative estimate of drug-likeness (QED) is 0.914. The molecule has 0 bridgehead atoms. The van der Waals surface area contributed by atoms with E-state index in [0.29, 0.717) is 24.3 Å². The van der Waals surface area contributed by atoms with Crippen molar-refractivity contribution in [3.8, 4) is 0 Å². The monoisotopic (exact) mass is 342 g/mol. The molecule has 2 fully saturated rings. The van der Waals surface area contributed by atoms with E-state index in [1.807, 2.05) is 30.0 Å². The molecule has 2 aliphatic rings. The van der Waals surface area contributed by atoms with Gasteiger partial charge in [0.05, 0.1) is 6.54 Å². The van der Waals surface area contributed by atoms with Crippen molar-refractivity contribution in [1.82, 2.24) is 10.2 Å². The Morgan fingerprint density at radius 1 is 1.16 bits per heavy atom. The topological polar surface area (TPSA) is 66.5 Å². The van der Waals surface area contributed by atoms with Gasteiger partial charge in [0.1, 0.15) is 5.78 Å². The van der Waals surface area contributed by atoms with Gasteiger partial charge in [-0.2, -0.15) is 0 Å². The van der Waals surface area contributed by atoms with Crippen molar-refractivity contribution in [2.45, 2.75) is 51.5 Å². The Kier molecular flexibility index (Phi) is 5.51. The first kappa shape index (κ1) is 17.6. The highest BCUT2D eigenvalue weighted by Crippen LogP contribution is 2.32. The van der Waals surface area contributed by atoms with Gasteiger partial charge in [-0.05, 0) is 44.2 Å². The van der Waals surface area contributed by atoms with Crippen molar-refractivity contribution in [1.29, 1.82) is 0 Å². The summed E-state index contributed by atoms with van der Waals surface area (Å²) in [5, 5.41) is 2.74. The number of benzene rings is 1. The lowest BCUT2D eigenvalue weighted by molar-refractivity contribution is -0.135. The van der Waals surface area contributed by atoms with Crippen LogP contribution < -0.4 is 5.32 Å². The molecule has 1 N–H and O–H groups in total. The smallest absolute Gasteiger partial charge is 0.251 e. The Labute approximate surface area is 148 Å². The third kappa shape index (κ3) is 3.91. The zero-order chi connectivity index (χ0) is 17.8. The van der Waals surface area contributed by atoms with Crippen LogP contribution in [0.1, 0.15) is 54.4 Å². The molecule has 5 heteroatoms. The fourth-order valence-electron chi connectivity index (χ4n) is 4.12. The summed E-state index contributed by atoms with van der Waals surface area (Å²) >= 11 is 0. The van der Waals surface area contributed by atoms with E-state index in [4.69, 9.17) is 0 Å². The molecule has 3 rings (SSSR count). The van der Waals surface area contributed by atoms with Gasteiger partial charge in [0.25, 0.3) is 5.91 Å². The van der Waals surface area contributed by atoms with Crippen LogP contribution in [0.25, 0.3) is 0 Å². The van der Waals surface area contributed by atoms with Gasteiger partial charge in [0, 0.05) is 30.5 Å². The maximum absolute atomic E-state index is 12.6. The van der Waals surface area contributed by atoms with E-state index in [2.05, 4.69) is 5.32 Å². The number of hydrogen-bond acceptors (Lipinski definition) is 3. The summed E-state index contributed by atoms with van der Waals surface area (Å²) in [5.74, 6) is -0.00841. The molecule has 2 atom stereocenters. The Morgan fingerprint density at radius 3 is 2.72 bits per heavy atom. The standard InChI is InChI=1S/C20H26N2O3/c1-14-7-2-3-8-15(14)20(25)21-13-19(24)22-12-6-10-17(22)16-9-4-5-11-18(16)23/h2-3,7-8,16-17H,4-6,9-13H2,1H3,(H,21,25)/t16-,17-/m1/s1. The van der Waals surface area contributed by atoms with Gasteiger partial charge in [0.2, 0.25) is 5.91 Å². The fraction of sp³-hybridized carbons (Fsp3) is 0.550. The highest BCUT2D eigenvalue weighted by atomic mass is 16.2. The molecular formula is C20H26N2O3. The lowest BCUT2D eigenvalue weighted by atomic mass is 9.82. The molecule has 0 aromatic heterocycles. The van der Waals surface area contributed by atoms with Crippen LogP contribution in [0.5, 0.6) is 0 Å². The number of carbonyl (C=O) groups excluding carboxylic acids is 3. The zero-order valence-corrected chi connectivity index (χ0v) is 14.8. The lowest BCUT2D eigenvalue weighted by Gasteiger charge is -2.33. The van der Waals surface area contributed by atoms with Crippen molar-refractivity contribution in [2.75, 3.05) is 13.1 Å². The second-order valence-corrected chi connectivity index (χ2v) is 7.11. The summed E-state index contributed by atoms with van der Waals surface area (Å²) in [7, 11) is 0. The van der Waals surface area contributed by atoms with Gasteiger partial charge >= 0.3 is 0 Å². The number of ketones is 1. The van der Waals surface area contributed by atoms with Crippen molar-refractivity contribution in [2.24, 2.45) is 5.92 Å². The third-order valence-electron chi connectivity index (χ3n) is 5.48. The molecule has 134 valence electrons. The first-order valence-corrected chi connectivity index (χ1v) is 9.24. The second kappa shape index (κ2) is 7.81.